The van der Waals surface area contributed by atoms with Crippen molar-refractivity contribution in [3.63, 3.8) is 0 Å². The molecular formula is C45H26N4O3. The summed E-state index contributed by atoms with van der Waals surface area (Å²) in [5, 5.41) is 6.20. The van der Waals surface area contributed by atoms with Crippen molar-refractivity contribution < 1.29 is 13.3 Å². The van der Waals surface area contributed by atoms with Gasteiger partial charge in [0.25, 0.3) is 0 Å². The quantitative estimate of drug-likeness (QED) is 0.180. The minimum absolute atomic E-state index is 0.472. The van der Waals surface area contributed by atoms with Crippen LogP contribution in [0.4, 0.5) is 17.3 Å². The lowest BCUT2D eigenvalue weighted by Crippen LogP contribution is -2.15. The molecule has 11 aromatic rings. The maximum Gasteiger partial charge on any atom is 0.238 e. The van der Waals surface area contributed by atoms with Gasteiger partial charge in [-0.2, -0.15) is 9.97 Å². The van der Waals surface area contributed by atoms with Crippen molar-refractivity contribution in [1.29, 1.82) is 0 Å². The number of benzene rings is 7. The third-order valence-corrected chi connectivity index (χ3v) is 9.73. The average Bonchev–Trinajstić information content (AvgIpc) is 3.89. The van der Waals surface area contributed by atoms with Crippen LogP contribution < -0.4 is 4.90 Å². The number of hydrogen-bond acceptors (Lipinski definition) is 7. The first-order chi connectivity index (χ1) is 25.7. The maximum atomic E-state index is 6.29. The fourth-order valence-electron chi connectivity index (χ4n) is 7.26. The number of para-hydroxylation sites is 4. The first-order valence-electron chi connectivity index (χ1n) is 17.1. The average molecular weight is 671 g/mol. The van der Waals surface area contributed by atoms with Gasteiger partial charge in [-0.05, 0) is 78.9 Å². The third-order valence-electron chi connectivity index (χ3n) is 9.73. The highest BCUT2D eigenvalue weighted by Gasteiger charge is 2.22. The van der Waals surface area contributed by atoms with Crippen LogP contribution in [0.1, 0.15) is 0 Å². The van der Waals surface area contributed by atoms with Crippen LogP contribution in [0.5, 0.6) is 0 Å². The van der Waals surface area contributed by atoms with Gasteiger partial charge in [-0.25, -0.2) is 4.98 Å². The molecule has 11 rings (SSSR count). The Hall–Kier alpha value is -7.25. The monoisotopic (exact) mass is 670 g/mol. The van der Waals surface area contributed by atoms with Gasteiger partial charge in [0.1, 0.15) is 33.5 Å². The molecule has 0 aliphatic carbocycles. The van der Waals surface area contributed by atoms with Gasteiger partial charge in [-0.1, -0.05) is 78.9 Å². The molecule has 0 unspecified atom stereocenters. The zero-order chi connectivity index (χ0) is 34.2. The number of nitrogens with zero attached hydrogens (tertiary/aromatic N) is 4. The summed E-state index contributed by atoms with van der Waals surface area (Å²) in [6.07, 6.45) is 0. The van der Waals surface area contributed by atoms with Crippen molar-refractivity contribution in [3.8, 4) is 22.8 Å². The number of rotatable bonds is 5. The normalized spacial score (nSPS) is 11.8. The predicted octanol–water partition coefficient (Wildman–Crippen LogP) is 12.4. The predicted molar refractivity (Wildman–Crippen MR) is 207 cm³/mol. The summed E-state index contributed by atoms with van der Waals surface area (Å²) in [7, 11) is 0. The molecule has 4 aromatic heterocycles. The molecular weight excluding hydrogens is 645 g/mol. The van der Waals surface area contributed by atoms with Crippen LogP contribution in [-0.4, -0.2) is 15.0 Å². The smallest absolute Gasteiger partial charge is 0.238 e. The number of aromatic nitrogens is 3. The molecule has 0 aliphatic heterocycles. The largest absolute Gasteiger partial charge is 0.456 e. The minimum Gasteiger partial charge on any atom is -0.456 e. The van der Waals surface area contributed by atoms with E-state index < -0.39 is 0 Å². The van der Waals surface area contributed by atoms with E-state index in [0.29, 0.717) is 17.6 Å². The molecule has 4 heterocycles. The van der Waals surface area contributed by atoms with E-state index in [0.717, 1.165) is 88.3 Å². The van der Waals surface area contributed by atoms with Crippen LogP contribution in [0.25, 0.3) is 88.6 Å². The van der Waals surface area contributed by atoms with Crippen LogP contribution in [0.3, 0.4) is 0 Å². The van der Waals surface area contributed by atoms with Crippen molar-refractivity contribution in [2.24, 2.45) is 0 Å². The van der Waals surface area contributed by atoms with E-state index >= 15 is 0 Å². The van der Waals surface area contributed by atoms with E-state index in [9.17, 15) is 0 Å². The summed E-state index contributed by atoms with van der Waals surface area (Å²) < 4.78 is 18.6. The first-order valence-corrected chi connectivity index (χ1v) is 17.1. The molecule has 244 valence electrons. The van der Waals surface area contributed by atoms with Crippen LogP contribution in [0.2, 0.25) is 0 Å². The summed E-state index contributed by atoms with van der Waals surface area (Å²) in [5.41, 5.74) is 8.36. The Morgan fingerprint density at radius 1 is 0.327 bits per heavy atom. The fraction of sp³-hybridized carbons (Fsp3) is 0. The Morgan fingerprint density at radius 3 is 1.48 bits per heavy atom. The van der Waals surface area contributed by atoms with Crippen molar-refractivity contribution in [3.05, 3.63) is 158 Å². The SMILES string of the molecule is c1ccc(N(c2ccc3oc4ccccc4c3c2)c2nc(-c3ccc4c(c3)oc3ccccc34)nc(-c3ccc4oc5ccccc5c4c3)n2)cc1. The fourth-order valence-corrected chi connectivity index (χ4v) is 7.26. The molecule has 0 saturated carbocycles. The lowest BCUT2D eigenvalue weighted by Gasteiger charge is -2.24. The molecule has 0 N–H and O–H groups in total. The second kappa shape index (κ2) is 11.1. The van der Waals surface area contributed by atoms with Gasteiger partial charge in [0.15, 0.2) is 11.6 Å². The summed E-state index contributed by atoms with van der Waals surface area (Å²) in [5.74, 6) is 1.53. The molecule has 0 atom stereocenters. The Bertz CT molecular complexity index is 3160. The number of hydrogen-bond donors (Lipinski definition) is 0. The zero-order valence-electron chi connectivity index (χ0n) is 27.5. The van der Waals surface area contributed by atoms with Crippen LogP contribution in [0, 0.1) is 0 Å². The molecule has 0 fully saturated rings. The number of furan rings is 3. The summed E-state index contributed by atoms with van der Waals surface area (Å²) in [4.78, 5) is 17.6. The Morgan fingerprint density at radius 2 is 0.808 bits per heavy atom. The lowest BCUT2D eigenvalue weighted by atomic mass is 10.1. The molecule has 7 heteroatoms. The van der Waals surface area contributed by atoms with Crippen molar-refractivity contribution >= 4 is 83.1 Å². The number of anilines is 3. The van der Waals surface area contributed by atoms with E-state index in [2.05, 4.69) is 59.5 Å². The van der Waals surface area contributed by atoms with Gasteiger partial charge < -0.3 is 13.3 Å². The van der Waals surface area contributed by atoms with Gasteiger partial charge in [-0.15, -0.1) is 0 Å². The summed E-state index contributed by atoms with van der Waals surface area (Å²) >= 11 is 0. The highest BCUT2D eigenvalue weighted by Crippen LogP contribution is 2.40. The van der Waals surface area contributed by atoms with E-state index in [4.69, 9.17) is 28.2 Å². The topological polar surface area (TPSA) is 81.3 Å². The van der Waals surface area contributed by atoms with Gasteiger partial charge in [-0.3, -0.25) is 4.90 Å². The van der Waals surface area contributed by atoms with E-state index in [1.807, 2.05) is 103 Å². The van der Waals surface area contributed by atoms with Gasteiger partial charge >= 0.3 is 0 Å². The molecule has 0 radical (unpaired) electrons. The molecule has 0 aliphatic rings. The summed E-state index contributed by atoms with van der Waals surface area (Å²) in [6, 6.07) is 52.8. The number of fused-ring (bicyclic) bond motifs is 9. The highest BCUT2D eigenvalue weighted by molar-refractivity contribution is 6.08. The Balaban J connectivity index is 1.16. The Labute approximate surface area is 296 Å². The first kappa shape index (κ1) is 28.6. The van der Waals surface area contributed by atoms with Gasteiger partial charge in [0.2, 0.25) is 5.95 Å². The maximum absolute atomic E-state index is 6.29. The van der Waals surface area contributed by atoms with Gasteiger partial charge in [0, 0.05) is 54.8 Å². The lowest BCUT2D eigenvalue weighted by molar-refractivity contribution is 0.668. The van der Waals surface area contributed by atoms with E-state index in [1.54, 1.807) is 0 Å². The van der Waals surface area contributed by atoms with Crippen molar-refractivity contribution in [2.45, 2.75) is 0 Å². The molecule has 0 amide bonds. The minimum atomic E-state index is 0.472. The standard InChI is InChI=1S/C45H26N4O3/c1-2-10-29(11-3-1)49(30-20-23-41-36(26-30)33-14-6-9-17-39(33)51-41)45-47-43(27-19-22-40-35(24-27)32-13-5-8-16-38(32)50-40)46-44(48-45)28-18-21-34-31-12-4-7-15-37(31)52-42(34)25-28/h1-26H. The van der Waals surface area contributed by atoms with Crippen LogP contribution in [-0.2, 0) is 0 Å². The highest BCUT2D eigenvalue weighted by atomic mass is 16.3. The molecule has 0 saturated heterocycles. The van der Waals surface area contributed by atoms with Crippen molar-refractivity contribution in [1.82, 2.24) is 15.0 Å². The zero-order valence-corrected chi connectivity index (χ0v) is 27.5. The van der Waals surface area contributed by atoms with Gasteiger partial charge in [0.05, 0.1) is 0 Å². The molecule has 7 nitrogen and oxygen atoms in total. The second-order valence-corrected chi connectivity index (χ2v) is 12.9. The second-order valence-electron chi connectivity index (χ2n) is 12.9. The van der Waals surface area contributed by atoms with E-state index in [1.165, 1.54) is 0 Å². The summed E-state index contributed by atoms with van der Waals surface area (Å²) in [6.45, 7) is 0. The van der Waals surface area contributed by atoms with Crippen LogP contribution >= 0.6 is 0 Å². The third kappa shape index (κ3) is 4.50. The Kier molecular flexibility index (Phi) is 6.12. The van der Waals surface area contributed by atoms with E-state index in [-0.39, 0.29) is 0 Å². The van der Waals surface area contributed by atoms with Crippen LogP contribution in [0.15, 0.2) is 171 Å². The molecule has 7 aromatic carbocycles. The van der Waals surface area contributed by atoms with Crippen molar-refractivity contribution in [2.75, 3.05) is 4.90 Å². The molecule has 0 spiro atoms. The molecule has 0 bridgehead atoms. The molecule has 52 heavy (non-hydrogen) atoms.